The summed E-state index contributed by atoms with van der Waals surface area (Å²) in [6, 6.07) is 19.7. The summed E-state index contributed by atoms with van der Waals surface area (Å²) in [7, 11) is 1.64. The second-order valence-corrected chi connectivity index (χ2v) is 8.06. The number of nitrogens with zero attached hydrogens (tertiary/aromatic N) is 2. The molecule has 0 saturated carbocycles. The van der Waals surface area contributed by atoms with Crippen molar-refractivity contribution < 1.29 is 4.74 Å². The van der Waals surface area contributed by atoms with Crippen LogP contribution < -0.4 is 15.5 Å². The van der Waals surface area contributed by atoms with Gasteiger partial charge in [-0.25, -0.2) is 0 Å². The Morgan fingerprint density at radius 1 is 1.03 bits per heavy atom. The molecule has 2 heterocycles. The Bertz CT molecular complexity index is 1430. The Balaban J connectivity index is 1.89. The van der Waals surface area contributed by atoms with Crippen molar-refractivity contribution in [1.29, 1.82) is 0 Å². The molecule has 0 saturated heterocycles. The average Bonchev–Trinajstić information content (AvgIpc) is 2.86. The lowest BCUT2D eigenvalue weighted by molar-refractivity contribution is 0.415. The molecule has 0 spiro atoms. The lowest BCUT2D eigenvalue weighted by Crippen LogP contribution is -2.18. The Hall–Kier alpha value is -4.12. The molecule has 33 heavy (non-hydrogen) atoms. The number of pyridine rings is 2. The molecule has 0 atom stereocenters. The molecule has 164 valence electrons. The summed E-state index contributed by atoms with van der Waals surface area (Å²) in [4.78, 5) is 18.3. The molecule has 2 aromatic heterocycles. The van der Waals surface area contributed by atoms with E-state index in [9.17, 15) is 4.79 Å². The SMILES string of the molecule is COc1ccc(-c2c(NC3=CCCC=C3)n(-c3ccccc3)c3cc(C)ncc3c2=O)cc1. The molecule has 4 aromatic rings. The molecule has 0 fully saturated rings. The summed E-state index contributed by atoms with van der Waals surface area (Å²) < 4.78 is 7.46. The predicted octanol–water partition coefficient (Wildman–Crippen LogP) is 6.02. The molecule has 1 aliphatic rings. The van der Waals surface area contributed by atoms with Crippen molar-refractivity contribution in [3.8, 4) is 22.6 Å². The molecule has 1 aliphatic carbocycles. The van der Waals surface area contributed by atoms with Crippen LogP contribution in [0.4, 0.5) is 5.82 Å². The van der Waals surface area contributed by atoms with Crippen LogP contribution >= 0.6 is 0 Å². The first-order valence-electron chi connectivity index (χ1n) is 11.0. The zero-order valence-corrected chi connectivity index (χ0v) is 18.7. The first kappa shape index (κ1) is 20.8. The van der Waals surface area contributed by atoms with E-state index in [1.54, 1.807) is 13.3 Å². The van der Waals surface area contributed by atoms with Crippen molar-refractivity contribution in [1.82, 2.24) is 9.55 Å². The molecular weight excluding hydrogens is 410 g/mol. The highest BCUT2D eigenvalue weighted by Crippen LogP contribution is 2.34. The van der Waals surface area contributed by atoms with Gasteiger partial charge in [-0.2, -0.15) is 0 Å². The summed E-state index contributed by atoms with van der Waals surface area (Å²) in [6.07, 6.45) is 10.1. The van der Waals surface area contributed by atoms with E-state index >= 15 is 0 Å². The largest absolute Gasteiger partial charge is 0.497 e. The molecule has 0 bridgehead atoms. The van der Waals surface area contributed by atoms with Crippen LogP contribution in [-0.2, 0) is 0 Å². The van der Waals surface area contributed by atoms with Gasteiger partial charge in [0.25, 0.3) is 0 Å². The zero-order chi connectivity index (χ0) is 22.8. The molecule has 0 aliphatic heterocycles. The van der Waals surface area contributed by atoms with Crippen LogP contribution in [0.3, 0.4) is 0 Å². The number of nitrogens with one attached hydrogen (secondary N) is 1. The second-order valence-electron chi connectivity index (χ2n) is 8.06. The molecule has 5 rings (SSSR count). The number of fused-ring (bicyclic) bond motifs is 1. The van der Waals surface area contributed by atoms with Crippen molar-refractivity contribution in [2.45, 2.75) is 19.8 Å². The third kappa shape index (κ3) is 3.94. The minimum absolute atomic E-state index is 0.0577. The lowest BCUT2D eigenvalue weighted by Gasteiger charge is -2.23. The summed E-state index contributed by atoms with van der Waals surface area (Å²) in [5.41, 5.74) is 4.97. The maximum Gasteiger partial charge on any atom is 0.200 e. The van der Waals surface area contributed by atoms with Crippen LogP contribution in [0.15, 0.2) is 95.6 Å². The molecule has 0 radical (unpaired) electrons. The summed E-state index contributed by atoms with van der Waals surface area (Å²) in [5.74, 6) is 1.47. The minimum Gasteiger partial charge on any atom is -0.497 e. The standard InChI is InChI=1S/C28H25N3O2/c1-19-17-25-24(18-29-19)27(32)26(20-13-15-23(33-2)16-14-20)28(30-21-9-5-3-6-10-21)31(25)22-11-7-4-8-12-22/h4-5,7-18,30H,3,6H2,1-2H3. The fraction of sp³-hybridized carbons (Fsp3) is 0.143. The smallest absolute Gasteiger partial charge is 0.200 e. The van der Waals surface area contributed by atoms with Gasteiger partial charge in [-0.05, 0) is 61.7 Å². The Kier molecular flexibility index (Phi) is 5.53. The van der Waals surface area contributed by atoms with Crippen molar-refractivity contribution in [2.24, 2.45) is 0 Å². The quantitative estimate of drug-likeness (QED) is 0.417. The van der Waals surface area contributed by atoms with E-state index in [2.05, 4.69) is 33.1 Å². The van der Waals surface area contributed by atoms with E-state index in [4.69, 9.17) is 4.74 Å². The van der Waals surface area contributed by atoms with Crippen molar-refractivity contribution in [2.75, 3.05) is 12.4 Å². The number of methoxy groups -OCH3 is 1. The van der Waals surface area contributed by atoms with E-state index in [-0.39, 0.29) is 5.43 Å². The Morgan fingerprint density at radius 3 is 2.52 bits per heavy atom. The maximum atomic E-state index is 13.9. The molecule has 2 aromatic carbocycles. The monoisotopic (exact) mass is 435 g/mol. The van der Waals surface area contributed by atoms with Gasteiger partial charge in [0.2, 0.25) is 5.43 Å². The fourth-order valence-corrected chi connectivity index (χ4v) is 4.21. The number of allylic oxidation sites excluding steroid dienone is 3. The van der Waals surface area contributed by atoms with Crippen LogP contribution in [0.25, 0.3) is 27.7 Å². The number of aryl methyl sites for hydroxylation is 1. The fourth-order valence-electron chi connectivity index (χ4n) is 4.21. The summed E-state index contributed by atoms with van der Waals surface area (Å²) >= 11 is 0. The Morgan fingerprint density at radius 2 is 1.82 bits per heavy atom. The van der Waals surface area contributed by atoms with Gasteiger partial charge in [0.05, 0.1) is 23.6 Å². The van der Waals surface area contributed by atoms with E-state index in [1.807, 2.05) is 67.6 Å². The van der Waals surface area contributed by atoms with Crippen LogP contribution in [-0.4, -0.2) is 16.7 Å². The third-order valence-electron chi connectivity index (χ3n) is 5.84. The second kappa shape index (κ2) is 8.79. The topological polar surface area (TPSA) is 56.1 Å². The maximum absolute atomic E-state index is 13.9. The van der Waals surface area contributed by atoms with E-state index in [0.717, 1.165) is 52.6 Å². The average molecular weight is 436 g/mol. The highest BCUT2D eigenvalue weighted by atomic mass is 16.5. The van der Waals surface area contributed by atoms with Gasteiger partial charge in [-0.15, -0.1) is 0 Å². The highest BCUT2D eigenvalue weighted by molar-refractivity contribution is 5.92. The first-order valence-corrected chi connectivity index (χ1v) is 11.0. The van der Waals surface area contributed by atoms with Crippen molar-refractivity contribution >= 4 is 16.7 Å². The molecule has 1 N–H and O–H groups in total. The minimum atomic E-state index is -0.0577. The molecular formula is C28H25N3O2. The summed E-state index contributed by atoms with van der Waals surface area (Å²) in [6.45, 7) is 1.94. The molecule has 5 nitrogen and oxygen atoms in total. The number of benzene rings is 2. The van der Waals surface area contributed by atoms with Crippen LogP contribution in [0.5, 0.6) is 5.75 Å². The summed E-state index contributed by atoms with van der Waals surface area (Å²) in [5, 5.41) is 4.16. The number of hydrogen-bond donors (Lipinski definition) is 1. The number of anilines is 1. The Labute approximate surface area is 192 Å². The van der Waals surface area contributed by atoms with Gasteiger partial charge in [-0.3, -0.25) is 14.3 Å². The van der Waals surface area contributed by atoms with Gasteiger partial charge >= 0.3 is 0 Å². The number of aromatic nitrogens is 2. The van der Waals surface area contributed by atoms with Gasteiger partial charge in [0, 0.05) is 23.3 Å². The highest BCUT2D eigenvalue weighted by Gasteiger charge is 2.21. The molecule has 0 unspecified atom stereocenters. The van der Waals surface area contributed by atoms with E-state index in [0.29, 0.717) is 10.9 Å². The van der Waals surface area contributed by atoms with Crippen molar-refractivity contribution in [3.63, 3.8) is 0 Å². The molecule has 0 amide bonds. The third-order valence-corrected chi connectivity index (χ3v) is 5.84. The van der Waals surface area contributed by atoms with E-state index < -0.39 is 0 Å². The van der Waals surface area contributed by atoms with Crippen LogP contribution in [0, 0.1) is 6.92 Å². The molecule has 5 heteroatoms. The van der Waals surface area contributed by atoms with Crippen LogP contribution in [0.2, 0.25) is 0 Å². The number of hydrogen-bond acceptors (Lipinski definition) is 4. The first-order chi connectivity index (χ1) is 16.2. The normalized spacial score (nSPS) is 13.1. The number of ether oxygens (including phenoxy) is 1. The van der Waals surface area contributed by atoms with Gasteiger partial charge in [-0.1, -0.05) is 42.5 Å². The zero-order valence-electron chi connectivity index (χ0n) is 18.7. The van der Waals surface area contributed by atoms with Gasteiger partial charge < -0.3 is 10.1 Å². The number of rotatable bonds is 5. The van der Waals surface area contributed by atoms with Gasteiger partial charge in [0.15, 0.2) is 0 Å². The lowest BCUT2D eigenvalue weighted by atomic mass is 10.0. The van der Waals surface area contributed by atoms with Crippen LogP contribution in [0.1, 0.15) is 18.5 Å². The number of para-hydroxylation sites is 1. The predicted molar refractivity (Wildman–Crippen MR) is 134 cm³/mol. The van der Waals surface area contributed by atoms with Crippen molar-refractivity contribution in [3.05, 3.63) is 107 Å². The van der Waals surface area contributed by atoms with Gasteiger partial charge in [0.1, 0.15) is 11.6 Å². The van der Waals surface area contributed by atoms with E-state index in [1.165, 1.54) is 0 Å².